The van der Waals surface area contributed by atoms with Gasteiger partial charge in [0.2, 0.25) is 0 Å². The topological polar surface area (TPSA) is 9.23 Å². The molecule has 1 heteroatoms. The van der Waals surface area contributed by atoms with Crippen LogP contribution in [0.3, 0.4) is 0 Å². The predicted octanol–water partition coefficient (Wildman–Crippen LogP) is 4.13. The van der Waals surface area contributed by atoms with Gasteiger partial charge in [0.05, 0.1) is 12.2 Å². The minimum Gasteiger partial charge on any atom is -0.375 e. The predicted molar refractivity (Wildman–Crippen MR) is 72.1 cm³/mol. The number of hydrogen-bond donors (Lipinski definition) is 0. The van der Waals surface area contributed by atoms with E-state index in [0.29, 0.717) is 12.2 Å². The maximum Gasteiger partial charge on any atom is 0.0613 e. The Kier molecular flexibility index (Phi) is 4.81. The molecule has 1 fully saturated rings. The molecule has 1 heterocycles. The van der Waals surface area contributed by atoms with Gasteiger partial charge in [-0.25, -0.2) is 0 Å². The normalized spacial score (nSPS) is 24.5. The molecule has 0 bridgehead atoms. The Hall–Kier alpha value is -1.08. The molecule has 1 aromatic carbocycles. The molecule has 1 aliphatic rings. The van der Waals surface area contributed by atoms with Crippen LogP contribution >= 0.6 is 0 Å². The van der Waals surface area contributed by atoms with E-state index in [1.165, 1.54) is 24.8 Å². The minimum absolute atomic E-state index is 0.419. The highest BCUT2D eigenvalue weighted by Crippen LogP contribution is 2.24. The van der Waals surface area contributed by atoms with E-state index in [-0.39, 0.29) is 0 Å². The van der Waals surface area contributed by atoms with E-state index in [1.54, 1.807) is 0 Å². The van der Waals surface area contributed by atoms with Crippen LogP contribution in [0.5, 0.6) is 0 Å². The zero-order valence-electron chi connectivity index (χ0n) is 10.5. The number of hydrogen-bond acceptors (Lipinski definition) is 1. The first kappa shape index (κ1) is 12.4. The van der Waals surface area contributed by atoms with Crippen LogP contribution in [0, 0.1) is 0 Å². The summed E-state index contributed by atoms with van der Waals surface area (Å²) < 4.78 is 6.08. The van der Waals surface area contributed by atoms with E-state index in [1.807, 2.05) is 6.08 Å². The summed E-state index contributed by atoms with van der Waals surface area (Å²) in [5, 5.41) is 0. The molecule has 0 aromatic heterocycles. The molecule has 2 rings (SSSR count). The first-order chi connectivity index (χ1) is 8.38. The lowest BCUT2D eigenvalue weighted by Gasteiger charge is -2.29. The molecule has 0 N–H and O–H groups in total. The zero-order chi connectivity index (χ0) is 11.9. The molecule has 0 aliphatic carbocycles. The van der Waals surface area contributed by atoms with Crippen molar-refractivity contribution in [2.75, 3.05) is 0 Å². The van der Waals surface area contributed by atoms with Gasteiger partial charge in [-0.15, -0.1) is 6.58 Å². The van der Waals surface area contributed by atoms with Crippen LogP contribution in [0.2, 0.25) is 0 Å². The van der Waals surface area contributed by atoms with Crippen molar-refractivity contribution in [3.05, 3.63) is 48.6 Å². The fourth-order valence-corrected chi connectivity index (χ4v) is 2.53. The maximum atomic E-state index is 6.08. The molecule has 1 aliphatic heterocycles. The van der Waals surface area contributed by atoms with Gasteiger partial charge in [-0.05, 0) is 44.1 Å². The first-order valence-corrected chi connectivity index (χ1v) is 6.69. The van der Waals surface area contributed by atoms with Gasteiger partial charge in [0.1, 0.15) is 0 Å². The van der Waals surface area contributed by atoms with Gasteiger partial charge in [0, 0.05) is 0 Å². The molecule has 92 valence electrons. The van der Waals surface area contributed by atoms with Crippen molar-refractivity contribution in [1.82, 2.24) is 0 Å². The highest BCUT2D eigenvalue weighted by molar-refractivity contribution is 5.14. The Morgan fingerprint density at radius 2 is 1.94 bits per heavy atom. The Morgan fingerprint density at radius 1 is 1.18 bits per heavy atom. The second kappa shape index (κ2) is 6.61. The van der Waals surface area contributed by atoms with Gasteiger partial charge in [0.25, 0.3) is 0 Å². The molecule has 1 nitrogen and oxygen atoms in total. The van der Waals surface area contributed by atoms with Crippen molar-refractivity contribution in [2.45, 2.75) is 50.7 Å². The Labute approximate surface area is 104 Å². The molecule has 0 amide bonds. The van der Waals surface area contributed by atoms with Crippen LogP contribution in [-0.2, 0) is 11.2 Å². The van der Waals surface area contributed by atoms with Gasteiger partial charge < -0.3 is 4.74 Å². The van der Waals surface area contributed by atoms with Gasteiger partial charge in [-0.2, -0.15) is 0 Å². The van der Waals surface area contributed by atoms with Crippen LogP contribution in [0.1, 0.15) is 37.7 Å². The Bertz CT molecular complexity index is 331. The van der Waals surface area contributed by atoms with Crippen molar-refractivity contribution in [3.63, 3.8) is 0 Å². The average Bonchev–Trinajstić information content (AvgIpc) is 2.39. The van der Waals surface area contributed by atoms with Crippen molar-refractivity contribution in [2.24, 2.45) is 0 Å². The minimum atomic E-state index is 0.419. The second-order valence-corrected chi connectivity index (χ2v) is 4.86. The first-order valence-electron chi connectivity index (χ1n) is 6.69. The molecule has 17 heavy (non-hydrogen) atoms. The van der Waals surface area contributed by atoms with Gasteiger partial charge in [-0.1, -0.05) is 36.4 Å². The van der Waals surface area contributed by atoms with E-state index in [2.05, 4.69) is 36.9 Å². The highest BCUT2D eigenvalue weighted by atomic mass is 16.5. The van der Waals surface area contributed by atoms with Crippen molar-refractivity contribution in [3.8, 4) is 0 Å². The number of aryl methyl sites for hydroxylation is 1. The molecule has 0 radical (unpaired) electrons. The van der Waals surface area contributed by atoms with E-state index in [4.69, 9.17) is 4.74 Å². The lowest BCUT2D eigenvalue weighted by atomic mass is 9.97. The molecule has 2 atom stereocenters. The highest BCUT2D eigenvalue weighted by Gasteiger charge is 2.20. The molecule has 0 unspecified atom stereocenters. The SMILES string of the molecule is C=CC[C@H]1CCC[C@@H](CCc2ccccc2)O1. The largest absolute Gasteiger partial charge is 0.375 e. The van der Waals surface area contributed by atoms with Crippen LogP contribution in [0.4, 0.5) is 0 Å². The molecule has 0 spiro atoms. The van der Waals surface area contributed by atoms with Crippen LogP contribution in [-0.4, -0.2) is 12.2 Å². The van der Waals surface area contributed by atoms with Gasteiger partial charge >= 0.3 is 0 Å². The van der Waals surface area contributed by atoms with E-state index in [0.717, 1.165) is 19.3 Å². The Morgan fingerprint density at radius 3 is 2.71 bits per heavy atom. The average molecular weight is 230 g/mol. The number of rotatable bonds is 5. The molecule has 0 saturated carbocycles. The number of benzene rings is 1. The number of ether oxygens (including phenoxy) is 1. The van der Waals surface area contributed by atoms with Crippen molar-refractivity contribution >= 4 is 0 Å². The lowest BCUT2D eigenvalue weighted by molar-refractivity contribution is -0.0505. The monoisotopic (exact) mass is 230 g/mol. The summed E-state index contributed by atoms with van der Waals surface area (Å²) in [5.41, 5.74) is 1.42. The summed E-state index contributed by atoms with van der Waals surface area (Å²) in [7, 11) is 0. The van der Waals surface area contributed by atoms with E-state index in [9.17, 15) is 0 Å². The van der Waals surface area contributed by atoms with Crippen LogP contribution in [0.25, 0.3) is 0 Å². The van der Waals surface area contributed by atoms with Gasteiger partial charge in [-0.3, -0.25) is 0 Å². The van der Waals surface area contributed by atoms with Crippen molar-refractivity contribution in [1.29, 1.82) is 0 Å². The molecule has 1 saturated heterocycles. The summed E-state index contributed by atoms with van der Waals surface area (Å²) in [5.74, 6) is 0. The van der Waals surface area contributed by atoms with Crippen LogP contribution < -0.4 is 0 Å². The second-order valence-electron chi connectivity index (χ2n) is 4.86. The third-order valence-electron chi connectivity index (χ3n) is 3.46. The molecular weight excluding hydrogens is 208 g/mol. The van der Waals surface area contributed by atoms with E-state index < -0.39 is 0 Å². The summed E-state index contributed by atoms with van der Waals surface area (Å²) in [6.45, 7) is 3.79. The van der Waals surface area contributed by atoms with Crippen LogP contribution in [0.15, 0.2) is 43.0 Å². The maximum absolute atomic E-state index is 6.08. The van der Waals surface area contributed by atoms with E-state index >= 15 is 0 Å². The molecule has 1 aromatic rings. The Balaban J connectivity index is 1.77. The standard InChI is InChI=1S/C16H22O/c1-2-7-15-10-6-11-16(17-15)13-12-14-8-4-3-5-9-14/h2-5,8-9,15-16H,1,6-7,10-13H2/t15-,16-/m0/s1. The third kappa shape index (κ3) is 4.01. The lowest BCUT2D eigenvalue weighted by Crippen LogP contribution is -2.27. The van der Waals surface area contributed by atoms with Gasteiger partial charge in [0.15, 0.2) is 0 Å². The summed E-state index contributed by atoms with van der Waals surface area (Å²) in [4.78, 5) is 0. The zero-order valence-corrected chi connectivity index (χ0v) is 10.5. The molecular formula is C16H22O. The van der Waals surface area contributed by atoms with Crippen molar-refractivity contribution < 1.29 is 4.74 Å². The summed E-state index contributed by atoms with van der Waals surface area (Å²) >= 11 is 0. The quantitative estimate of drug-likeness (QED) is 0.691. The smallest absolute Gasteiger partial charge is 0.0613 e. The third-order valence-corrected chi connectivity index (χ3v) is 3.46. The fourth-order valence-electron chi connectivity index (χ4n) is 2.53. The summed E-state index contributed by atoms with van der Waals surface area (Å²) in [6.07, 6.45) is 9.86. The summed E-state index contributed by atoms with van der Waals surface area (Å²) in [6, 6.07) is 10.7. The fraction of sp³-hybridized carbons (Fsp3) is 0.500.